The van der Waals surface area contributed by atoms with Crippen molar-refractivity contribution in [2.75, 3.05) is 0 Å². The number of aromatic amines is 1. The minimum absolute atomic E-state index is 0.153. The van der Waals surface area contributed by atoms with E-state index in [0.29, 0.717) is 17.3 Å². The molecule has 0 radical (unpaired) electrons. The highest BCUT2D eigenvalue weighted by atomic mass is 16.3. The van der Waals surface area contributed by atoms with Crippen molar-refractivity contribution in [3.63, 3.8) is 0 Å². The molecule has 0 aliphatic carbocycles. The number of rotatable bonds is 2. The fourth-order valence-corrected chi connectivity index (χ4v) is 1.94. The second-order valence-corrected chi connectivity index (χ2v) is 4.11. The Labute approximate surface area is 104 Å². The summed E-state index contributed by atoms with van der Waals surface area (Å²) in [7, 11) is 0. The summed E-state index contributed by atoms with van der Waals surface area (Å²) in [4.78, 5) is 8.70. The first-order valence-electron chi connectivity index (χ1n) is 5.67. The number of aliphatic hydroxyl groups is 1. The number of hydrogen-bond acceptors (Lipinski definition) is 4. The van der Waals surface area contributed by atoms with Crippen LogP contribution in [0, 0.1) is 6.92 Å². The van der Waals surface area contributed by atoms with Crippen molar-refractivity contribution in [2.24, 2.45) is 0 Å². The van der Waals surface area contributed by atoms with Gasteiger partial charge in [-0.1, -0.05) is 18.2 Å². The van der Waals surface area contributed by atoms with Gasteiger partial charge in [0.25, 0.3) is 0 Å². The molecule has 0 bridgehead atoms. The van der Waals surface area contributed by atoms with E-state index in [2.05, 4.69) is 20.2 Å². The first kappa shape index (κ1) is 10.9. The molecule has 0 atom stereocenters. The lowest BCUT2D eigenvalue weighted by atomic mass is 10.1. The minimum atomic E-state index is -0.153. The van der Waals surface area contributed by atoms with E-state index in [-0.39, 0.29) is 6.61 Å². The van der Waals surface area contributed by atoms with Crippen LogP contribution in [0.4, 0.5) is 0 Å². The van der Waals surface area contributed by atoms with Crippen molar-refractivity contribution >= 4 is 10.9 Å². The smallest absolute Gasteiger partial charge is 0.199 e. The molecular formula is C13H12N4O. The molecule has 0 aliphatic heterocycles. The van der Waals surface area contributed by atoms with Crippen LogP contribution in [0.2, 0.25) is 0 Å². The number of benzene rings is 1. The molecule has 0 spiro atoms. The summed E-state index contributed by atoms with van der Waals surface area (Å²) >= 11 is 0. The third-order valence-corrected chi connectivity index (χ3v) is 2.83. The molecule has 0 saturated carbocycles. The Balaban J connectivity index is 2.18. The van der Waals surface area contributed by atoms with Crippen molar-refractivity contribution in [1.82, 2.24) is 20.2 Å². The predicted molar refractivity (Wildman–Crippen MR) is 67.8 cm³/mol. The molecule has 5 nitrogen and oxygen atoms in total. The summed E-state index contributed by atoms with van der Waals surface area (Å²) in [5.41, 5.74) is 2.76. The molecule has 2 aromatic heterocycles. The number of nitrogens with zero attached hydrogens (tertiary/aromatic N) is 3. The van der Waals surface area contributed by atoms with Gasteiger partial charge < -0.3 is 5.11 Å². The molecule has 3 aromatic rings. The molecule has 1 aromatic carbocycles. The van der Waals surface area contributed by atoms with Crippen LogP contribution in [0.25, 0.3) is 22.4 Å². The Hall–Kier alpha value is -2.27. The third kappa shape index (κ3) is 1.74. The van der Waals surface area contributed by atoms with E-state index in [1.165, 1.54) is 0 Å². The lowest BCUT2D eigenvalue weighted by molar-refractivity contribution is 0.272. The third-order valence-electron chi connectivity index (χ3n) is 2.83. The van der Waals surface area contributed by atoms with Gasteiger partial charge in [0, 0.05) is 5.39 Å². The lowest BCUT2D eigenvalue weighted by Crippen LogP contribution is -1.90. The molecule has 0 fully saturated rings. The van der Waals surface area contributed by atoms with Crippen molar-refractivity contribution in [3.8, 4) is 11.5 Å². The van der Waals surface area contributed by atoms with Gasteiger partial charge in [0.2, 0.25) is 0 Å². The van der Waals surface area contributed by atoms with Gasteiger partial charge in [-0.15, -0.1) is 0 Å². The molecule has 0 aliphatic rings. The number of aryl methyl sites for hydroxylation is 1. The van der Waals surface area contributed by atoms with Gasteiger partial charge in [-0.05, 0) is 24.6 Å². The van der Waals surface area contributed by atoms with E-state index in [9.17, 15) is 0 Å². The van der Waals surface area contributed by atoms with Gasteiger partial charge in [0.1, 0.15) is 12.3 Å². The van der Waals surface area contributed by atoms with Gasteiger partial charge in [-0.2, -0.15) is 5.10 Å². The molecule has 0 unspecified atom stereocenters. The molecule has 2 heterocycles. The number of nitrogens with one attached hydrogen (secondary N) is 1. The van der Waals surface area contributed by atoms with Crippen LogP contribution >= 0.6 is 0 Å². The van der Waals surface area contributed by atoms with Crippen molar-refractivity contribution in [2.45, 2.75) is 13.5 Å². The number of para-hydroxylation sites is 1. The van der Waals surface area contributed by atoms with Crippen LogP contribution in [0.1, 0.15) is 11.4 Å². The van der Waals surface area contributed by atoms with Crippen LogP contribution in [-0.4, -0.2) is 25.3 Å². The van der Waals surface area contributed by atoms with Crippen LogP contribution in [0.5, 0.6) is 0 Å². The highest BCUT2D eigenvalue weighted by Crippen LogP contribution is 2.21. The highest BCUT2D eigenvalue weighted by Gasteiger charge is 2.09. The molecule has 2 N–H and O–H groups in total. The number of aromatic nitrogens is 4. The zero-order valence-corrected chi connectivity index (χ0v) is 9.88. The summed E-state index contributed by atoms with van der Waals surface area (Å²) in [5, 5.41) is 16.8. The molecule has 5 heteroatoms. The predicted octanol–water partition coefficient (Wildman–Crippen LogP) is 1.82. The van der Waals surface area contributed by atoms with E-state index in [4.69, 9.17) is 5.11 Å². The number of fused-ring (bicyclic) bond motifs is 1. The molecular weight excluding hydrogens is 228 g/mol. The largest absolute Gasteiger partial charge is 0.388 e. The van der Waals surface area contributed by atoms with Gasteiger partial charge in [0.05, 0.1) is 5.52 Å². The molecule has 0 saturated heterocycles. The van der Waals surface area contributed by atoms with Crippen LogP contribution in [-0.2, 0) is 6.61 Å². The maximum absolute atomic E-state index is 8.97. The topological polar surface area (TPSA) is 74.7 Å². The van der Waals surface area contributed by atoms with E-state index in [1.807, 2.05) is 37.3 Å². The normalized spacial score (nSPS) is 11.0. The second kappa shape index (κ2) is 4.19. The summed E-state index contributed by atoms with van der Waals surface area (Å²) in [5.74, 6) is 0.950. The zero-order valence-electron chi connectivity index (χ0n) is 9.88. The molecule has 18 heavy (non-hydrogen) atoms. The van der Waals surface area contributed by atoms with Gasteiger partial charge >= 0.3 is 0 Å². The first-order valence-corrected chi connectivity index (χ1v) is 5.67. The summed E-state index contributed by atoms with van der Waals surface area (Å²) < 4.78 is 0. The maximum atomic E-state index is 8.97. The molecule has 0 amide bonds. The summed E-state index contributed by atoms with van der Waals surface area (Å²) in [6.07, 6.45) is 0. The zero-order chi connectivity index (χ0) is 12.5. The Morgan fingerprint density at radius 2 is 2.06 bits per heavy atom. The van der Waals surface area contributed by atoms with Crippen LogP contribution in [0.3, 0.4) is 0 Å². The van der Waals surface area contributed by atoms with E-state index >= 15 is 0 Å². The lowest BCUT2D eigenvalue weighted by Gasteiger charge is -2.03. The second-order valence-electron chi connectivity index (χ2n) is 4.11. The quantitative estimate of drug-likeness (QED) is 0.716. The monoisotopic (exact) mass is 240 g/mol. The van der Waals surface area contributed by atoms with Gasteiger partial charge in [-0.25, -0.2) is 9.97 Å². The van der Waals surface area contributed by atoms with Crippen LogP contribution < -0.4 is 0 Å². The summed E-state index contributed by atoms with van der Waals surface area (Å²) in [6.45, 7) is 1.88. The number of H-pyrrole nitrogens is 1. The van der Waals surface area contributed by atoms with E-state index in [1.54, 1.807) is 0 Å². The first-order chi connectivity index (χ1) is 8.78. The number of hydrogen-bond donors (Lipinski definition) is 2. The van der Waals surface area contributed by atoms with E-state index in [0.717, 1.165) is 16.5 Å². The summed E-state index contributed by atoms with van der Waals surface area (Å²) in [6, 6.07) is 9.90. The standard InChI is InChI=1S/C13H12N4O/c1-8-6-11(13-15-12(7-18)16-17-13)14-10-5-3-2-4-9(8)10/h2-6,18H,7H2,1H3,(H,15,16,17). The Morgan fingerprint density at radius 1 is 1.22 bits per heavy atom. The Morgan fingerprint density at radius 3 is 2.83 bits per heavy atom. The average molecular weight is 240 g/mol. The Kier molecular flexibility index (Phi) is 2.53. The molecule has 3 rings (SSSR count). The van der Waals surface area contributed by atoms with E-state index < -0.39 is 0 Å². The van der Waals surface area contributed by atoms with Gasteiger partial charge in [0.15, 0.2) is 11.6 Å². The number of pyridine rings is 1. The SMILES string of the molecule is Cc1cc(-c2n[nH]c(CO)n2)nc2ccccc12. The maximum Gasteiger partial charge on any atom is 0.199 e. The van der Waals surface area contributed by atoms with Crippen molar-refractivity contribution < 1.29 is 5.11 Å². The minimum Gasteiger partial charge on any atom is -0.388 e. The van der Waals surface area contributed by atoms with Crippen molar-refractivity contribution in [3.05, 3.63) is 41.7 Å². The average Bonchev–Trinajstić information content (AvgIpc) is 2.87. The fraction of sp³-hybridized carbons (Fsp3) is 0.154. The van der Waals surface area contributed by atoms with Crippen molar-refractivity contribution in [1.29, 1.82) is 0 Å². The fourth-order valence-electron chi connectivity index (χ4n) is 1.94. The highest BCUT2D eigenvalue weighted by molar-refractivity contribution is 5.84. The number of aliphatic hydroxyl groups excluding tert-OH is 1. The molecule has 90 valence electrons. The van der Waals surface area contributed by atoms with Crippen LogP contribution in [0.15, 0.2) is 30.3 Å². The van der Waals surface area contributed by atoms with Gasteiger partial charge in [-0.3, -0.25) is 5.10 Å². The Bertz CT molecular complexity index is 705.